The van der Waals surface area contributed by atoms with Gasteiger partial charge in [-0.3, -0.25) is 14.4 Å². The van der Waals surface area contributed by atoms with Crippen molar-refractivity contribution in [3.8, 4) is 0 Å². The summed E-state index contributed by atoms with van der Waals surface area (Å²) in [7, 11) is 0. The first kappa shape index (κ1) is 67.6. The van der Waals surface area contributed by atoms with Gasteiger partial charge in [-0.2, -0.15) is 0 Å². The van der Waals surface area contributed by atoms with Crippen LogP contribution in [-0.2, 0) is 28.6 Å². The van der Waals surface area contributed by atoms with Gasteiger partial charge < -0.3 is 14.2 Å². The average Bonchev–Trinajstić information content (AvgIpc) is 3.37. The molecule has 6 nitrogen and oxygen atoms in total. The minimum absolute atomic E-state index is 0.0862. The van der Waals surface area contributed by atoms with Gasteiger partial charge in [-0.1, -0.05) is 279 Å². The maximum Gasteiger partial charge on any atom is 0.306 e. The highest BCUT2D eigenvalue weighted by atomic mass is 16.6. The molecule has 0 aliphatic rings. The van der Waals surface area contributed by atoms with Crippen molar-refractivity contribution >= 4 is 17.9 Å². The zero-order valence-corrected chi connectivity index (χ0v) is 46.7. The van der Waals surface area contributed by atoms with Crippen molar-refractivity contribution < 1.29 is 28.6 Å². The highest BCUT2D eigenvalue weighted by Gasteiger charge is 2.19. The van der Waals surface area contributed by atoms with Crippen molar-refractivity contribution in [3.63, 3.8) is 0 Å². The van der Waals surface area contributed by atoms with Crippen LogP contribution in [0.3, 0.4) is 0 Å². The number of hydrogen-bond acceptors (Lipinski definition) is 6. The van der Waals surface area contributed by atoms with E-state index in [1.165, 1.54) is 135 Å². The standard InChI is InChI=1S/C65H112O6/c1-4-7-10-13-15-17-19-21-23-25-27-29-31-32-34-35-37-39-41-43-45-47-49-52-55-58-64(67)70-61-62(60-69-63(66)57-54-51-12-9-6-3)71-65(68)59-56-53-50-48-46-44-42-40-38-36-33-30-28-26-24-22-20-18-16-14-11-8-5-2/h7,10,15,17,21,23,27,29,32,34,37,39,43,45,62H,4-6,8-9,11-14,16,18-20,22,24-26,28,30-31,33,35-36,38,40-42,44,46-61H2,1-3H3/b10-7-,17-15-,23-21-,29-27-,34-32-,39-37-,45-43-. The Morgan fingerprint density at radius 1 is 0.296 bits per heavy atom. The molecule has 0 aliphatic carbocycles. The van der Waals surface area contributed by atoms with Crippen LogP contribution >= 0.6 is 0 Å². The highest BCUT2D eigenvalue weighted by molar-refractivity contribution is 5.71. The highest BCUT2D eigenvalue weighted by Crippen LogP contribution is 2.17. The van der Waals surface area contributed by atoms with Crippen LogP contribution in [-0.4, -0.2) is 37.2 Å². The Labute approximate surface area is 439 Å². The van der Waals surface area contributed by atoms with E-state index < -0.39 is 6.10 Å². The molecule has 1 unspecified atom stereocenters. The van der Waals surface area contributed by atoms with E-state index in [1.54, 1.807) is 0 Å². The van der Waals surface area contributed by atoms with Crippen molar-refractivity contribution in [2.24, 2.45) is 0 Å². The molecule has 1 atom stereocenters. The second kappa shape index (κ2) is 59.2. The van der Waals surface area contributed by atoms with E-state index in [0.717, 1.165) is 116 Å². The molecule has 0 N–H and O–H groups in total. The summed E-state index contributed by atoms with van der Waals surface area (Å²) in [5.41, 5.74) is 0. The summed E-state index contributed by atoms with van der Waals surface area (Å²) in [6.07, 6.45) is 77.8. The van der Waals surface area contributed by atoms with Gasteiger partial charge >= 0.3 is 17.9 Å². The summed E-state index contributed by atoms with van der Waals surface area (Å²) >= 11 is 0. The predicted octanol–water partition coefficient (Wildman–Crippen LogP) is 20.3. The zero-order chi connectivity index (χ0) is 51.4. The van der Waals surface area contributed by atoms with Crippen LogP contribution in [0.15, 0.2) is 85.1 Å². The van der Waals surface area contributed by atoms with Crippen molar-refractivity contribution in [1.29, 1.82) is 0 Å². The van der Waals surface area contributed by atoms with Crippen molar-refractivity contribution in [2.45, 2.75) is 297 Å². The molecule has 0 saturated carbocycles. The van der Waals surface area contributed by atoms with Crippen molar-refractivity contribution in [1.82, 2.24) is 0 Å². The van der Waals surface area contributed by atoms with Gasteiger partial charge in [0.25, 0.3) is 0 Å². The van der Waals surface area contributed by atoms with Gasteiger partial charge in [-0.05, 0) is 77.0 Å². The monoisotopic (exact) mass is 989 g/mol. The molecule has 0 rings (SSSR count). The number of carbonyl (C=O) groups excluding carboxylic acids is 3. The Morgan fingerprint density at radius 2 is 0.549 bits per heavy atom. The smallest absolute Gasteiger partial charge is 0.306 e. The fraction of sp³-hybridized carbons (Fsp3) is 0.738. The van der Waals surface area contributed by atoms with E-state index in [1.807, 2.05) is 0 Å². The average molecular weight is 990 g/mol. The zero-order valence-electron chi connectivity index (χ0n) is 46.7. The topological polar surface area (TPSA) is 78.9 Å². The molecule has 71 heavy (non-hydrogen) atoms. The molecule has 0 aliphatic heterocycles. The van der Waals surface area contributed by atoms with Crippen molar-refractivity contribution in [2.75, 3.05) is 13.2 Å². The number of ether oxygens (including phenoxy) is 3. The van der Waals surface area contributed by atoms with Gasteiger partial charge in [0.2, 0.25) is 0 Å². The first-order valence-corrected chi connectivity index (χ1v) is 30.1. The Balaban J connectivity index is 4.14. The second-order valence-corrected chi connectivity index (χ2v) is 19.9. The Kier molecular flexibility index (Phi) is 56.3. The molecule has 0 saturated heterocycles. The quantitative estimate of drug-likeness (QED) is 0.0261. The molecule has 0 bridgehead atoms. The third kappa shape index (κ3) is 57.4. The van der Waals surface area contributed by atoms with Gasteiger partial charge in [-0.15, -0.1) is 0 Å². The molecule has 0 amide bonds. The van der Waals surface area contributed by atoms with E-state index in [2.05, 4.69) is 106 Å². The summed E-state index contributed by atoms with van der Waals surface area (Å²) in [5, 5.41) is 0. The third-order valence-corrected chi connectivity index (χ3v) is 12.9. The maximum absolute atomic E-state index is 12.8. The lowest BCUT2D eigenvalue weighted by Crippen LogP contribution is -2.30. The minimum Gasteiger partial charge on any atom is -0.462 e. The normalized spacial score (nSPS) is 12.7. The SMILES string of the molecule is CC/C=C\C/C=C\C/C=C\C/C=C\C/C=C\C/C=C\C/C=C\CCCCCC(=O)OCC(COC(=O)CCCCCCC)OC(=O)CCCCCCCCCCCCCCCCCCCCCCCCC. The van der Waals surface area contributed by atoms with Gasteiger partial charge in [0.05, 0.1) is 0 Å². The molecule has 0 aromatic carbocycles. The van der Waals surface area contributed by atoms with Crippen LogP contribution in [0.1, 0.15) is 290 Å². The summed E-state index contributed by atoms with van der Waals surface area (Å²) < 4.78 is 16.7. The van der Waals surface area contributed by atoms with E-state index in [4.69, 9.17) is 14.2 Å². The third-order valence-electron chi connectivity index (χ3n) is 12.9. The molecular weight excluding hydrogens is 877 g/mol. The molecular formula is C65H112O6. The van der Waals surface area contributed by atoms with Crippen LogP contribution in [0.25, 0.3) is 0 Å². The summed E-state index contributed by atoms with van der Waals surface area (Å²) in [6.45, 7) is 6.44. The van der Waals surface area contributed by atoms with Crippen LogP contribution < -0.4 is 0 Å². The molecule has 0 heterocycles. The fourth-order valence-electron chi connectivity index (χ4n) is 8.42. The number of carbonyl (C=O) groups is 3. The van der Waals surface area contributed by atoms with Gasteiger partial charge in [-0.25, -0.2) is 0 Å². The molecule has 0 aromatic rings. The number of esters is 3. The number of allylic oxidation sites excluding steroid dienone is 14. The first-order valence-electron chi connectivity index (χ1n) is 30.1. The molecule has 0 spiro atoms. The summed E-state index contributed by atoms with van der Waals surface area (Å²) in [5.74, 6) is -0.926. The van der Waals surface area contributed by atoms with Crippen LogP contribution in [0.5, 0.6) is 0 Å². The molecule has 408 valence electrons. The summed E-state index contributed by atoms with van der Waals surface area (Å²) in [6, 6.07) is 0. The Hall–Kier alpha value is -3.41. The molecule has 6 heteroatoms. The number of rotatable bonds is 54. The molecule has 0 fully saturated rings. The maximum atomic E-state index is 12.8. The van der Waals surface area contributed by atoms with E-state index in [9.17, 15) is 14.4 Å². The van der Waals surface area contributed by atoms with E-state index in [0.29, 0.717) is 19.3 Å². The minimum atomic E-state index is -0.786. The molecule has 0 aromatic heterocycles. The van der Waals surface area contributed by atoms with Gasteiger partial charge in [0, 0.05) is 19.3 Å². The van der Waals surface area contributed by atoms with Gasteiger partial charge in [0.1, 0.15) is 13.2 Å². The Morgan fingerprint density at radius 3 is 0.859 bits per heavy atom. The fourth-order valence-corrected chi connectivity index (χ4v) is 8.42. The number of unbranched alkanes of at least 4 members (excludes halogenated alkanes) is 29. The van der Waals surface area contributed by atoms with Crippen molar-refractivity contribution in [3.05, 3.63) is 85.1 Å². The van der Waals surface area contributed by atoms with Gasteiger partial charge in [0.15, 0.2) is 6.10 Å². The van der Waals surface area contributed by atoms with E-state index in [-0.39, 0.29) is 31.1 Å². The summed E-state index contributed by atoms with van der Waals surface area (Å²) in [4.78, 5) is 37.8. The lowest BCUT2D eigenvalue weighted by Gasteiger charge is -2.18. The predicted molar refractivity (Wildman–Crippen MR) is 307 cm³/mol. The number of hydrogen-bond donors (Lipinski definition) is 0. The molecule has 0 radical (unpaired) electrons. The Bertz CT molecular complexity index is 1370. The van der Waals surface area contributed by atoms with Crippen LogP contribution in [0.2, 0.25) is 0 Å². The second-order valence-electron chi connectivity index (χ2n) is 19.9. The van der Waals surface area contributed by atoms with Crippen LogP contribution in [0.4, 0.5) is 0 Å². The lowest BCUT2D eigenvalue weighted by molar-refractivity contribution is -0.167. The first-order chi connectivity index (χ1) is 35.0. The van der Waals surface area contributed by atoms with E-state index >= 15 is 0 Å². The lowest BCUT2D eigenvalue weighted by atomic mass is 10.0. The largest absolute Gasteiger partial charge is 0.462 e. The van der Waals surface area contributed by atoms with Crippen LogP contribution in [0, 0.1) is 0 Å².